The summed E-state index contributed by atoms with van der Waals surface area (Å²) in [6, 6.07) is 0. The smallest absolute Gasteiger partial charge is 0.306 e. The Balaban J connectivity index is 4.24. The molecule has 0 amide bonds. The lowest BCUT2D eigenvalue weighted by Gasteiger charge is -2.18. The van der Waals surface area contributed by atoms with Crippen LogP contribution in [0.5, 0.6) is 0 Å². The van der Waals surface area contributed by atoms with Crippen LogP contribution in [-0.2, 0) is 28.6 Å². The molecule has 72 heavy (non-hydrogen) atoms. The zero-order valence-corrected chi connectivity index (χ0v) is 47.9. The molecule has 0 radical (unpaired) electrons. The fourth-order valence-electron chi connectivity index (χ4n) is 9.06. The highest BCUT2D eigenvalue weighted by molar-refractivity contribution is 5.71. The molecule has 0 aliphatic rings. The van der Waals surface area contributed by atoms with Gasteiger partial charge in [0, 0.05) is 19.3 Å². The fraction of sp³-hybridized carbons (Fsp3) is 0.803. The van der Waals surface area contributed by atoms with Gasteiger partial charge < -0.3 is 14.2 Å². The molecule has 1 atom stereocenters. The van der Waals surface area contributed by atoms with E-state index in [-0.39, 0.29) is 31.1 Å². The summed E-state index contributed by atoms with van der Waals surface area (Å²) < 4.78 is 16.9. The van der Waals surface area contributed by atoms with Crippen molar-refractivity contribution in [2.45, 2.75) is 329 Å². The number of rotatable bonds is 57. The maximum atomic E-state index is 12.9. The zero-order chi connectivity index (χ0) is 52.2. The molecule has 6 heteroatoms. The summed E-state index contributed by atoms with van der Waals surface area (Å²) in [6.45, 7) is 6.52. The minimum Gasteiger partial charge on any atom is -0.462 e. The quantitative estimate of drug-likeness (QED) is 0.0261. The summed E-state index contributed by atoms with van der Waals surface area (Å²) in [5.74, 6) is -0.869. The van der Waals surface area contributed by atoms with E-state index in [2.05, 4.69) is 81.5 Å². The van der Waals surface area contributed by atoms with Crippen molar-refractivity contribution < 1.29 is 28.6 Å². The fourth-order valence-corrected chi connectivity index (χ4v) is 9.06. The van der Waals surface area contributed by atoms with Crippen LogP contribution >= 0.6 is 0 Å². The number of hydrogen-bond donors (Lipinski definition) is 0. The summed E-state index contributed by atoms with van der Waals surface area (Å²) in [5, 5.41) is 0. The number of allylic oxidation sites excluding steroid dienone is 10. The molecule has 0 bridgehead atoms. The van der Waals surface area contributed by atoms with Crippen molar-refractivity contribution in [1.29, 1.82) is 0 Å². The third-order valence-electron chi connectivity index (χ3n) is 13.8. The highest BCUT2D eigenvalue weighted by Gasteiger charge is 2.19. The first-order valence-corrected chi connectivity index (χ1v) is 31.3. The van der Waals surface area contributed by atoms with Crippen LogP contribution in [0.2, 0.25) is 0 Å². The maximum Gasteiger partial charge on any atom is 0.306 e. The van der Waals surface area contributed by atoms with Gasteiger partial charge in [-0.05, 0) is 77.0 Å². The Labute approximate surface area is 447 Å². The van der Waals surface area contributed by atoms with Crippen molar-refractivity contribution >= 4 is 17.9 Å². The largest absolute Gasteiger partial charge is 0.462 e. The molecule has 0 aromatic heterocycles. The zero-order valence-electron chi connectivity index (χ0n) is 47.9. The van der Waals surface area contributed by atoms with Gasteiger partial charge in [-0.1, -0.05) is 287 Å². The Hall–Kier alpha value is -2.89. The number of unbranched alkanes of at least 4 members (excludes halogenated alkanes) is 36. The average Bonchev–Trinajstić information content (AvgIpc) is 3.38. The third kappa shape index (κ3) is 58.0. The number of carbonyl (C=O) groups is 3. The van der Waals surface area contributed by atoms with Crippen LogP contribution in [-0.4, -0.2) is 37.2 Å². The molecule has 0 saturated heterocycles. The molecule has 0 rings (SSSR count). The molecule has 0 N–H and O–H groups in total. The van der Waals surface area contributed by atoms with Gasteiger partial charge in [0.2, 0.25) is 0 Å². The van der Waals surface area contributed by atoms with E-state index in [9.17, 15) is 14.4 Å². The van der Waals surface area contributed by atoms with Crippen LogP contribution in [0.4, 0.5) is 0 Å². The molecule has 0 aliphatic carbocycles. The van der Waals surface area contributed by atoms with Crippen LogP contribution < -0.4 is 0 Å². The summed E-state index contributed by atoms with van der Waals surface area (Å²) in [5.41, 5.74) is 0. The lowest BCUT2D eigenvalue weighted by atomic mass is 10.0. The van der Waals surface area contributed by atoms with Gasteiger partial charge in [-0.25, -0.2) is 0 Å². The van der Waals surface area contributed by atoms with Crippen LogP contribution in [0.3, 0.4) is 0 Å². The van der Waals surface area contributed by atoms with Gasteiger partial charge >= 0.3 is 17.9 Å². The second-order valence-electron chi connectivity index (χ2n) is 20.9. The highest BCUT2D eigenvalue weighted by Crippen LogP contribution is 2.17. The molecule has 6 nitrogen and oxygen atoms in total. The number of ether oxygens (including phenoxy) is 3. The van der Waals surface area contributed by atoms with Gasteiger partial charge in [0.05, 0.1) is 0 Å². The molecular formula is C66H118O6. The lowest BCUT2D eigenvalue weighted by molar-refractivity contribution is -0.167. The minimum absolute atomic E-state index is 0.0742. The Morgan fingerprint density at radius 2 is 0.556 bits per heavy atom. The van der Waals surface area contributed by atoms with Crippen molar-refractivity contribution in [1.82, 2.24) is 0 Å². The van der Waals surface area contributed by atoms with E-state index in [0.717, 1.165) is 89.9 Å². The highest BCUT2D eigenvalue weighted by atomic mass is 16.6. The standard InChI is InChI=1S/C66H118O6/c1-4-7-10-13-16-19-22-24-26-28-30-31-32-33-34-35-36-38-39-41-44-47-50-53-56-59-65(68)71-62-63(61-70-64(67)58-55-52-49-46-43-21-18-15-12-9-6-3)72-66(69)60-57-54-51-48-45-42-40-37-29-27-25-23-20-17-14-11-8-5-2/h7,10,15-16,18-19,24,26,30-31,63H,4-6,8-9,11-14,17,20-23,25,27-29,32-62H2,1-3H3/b10-7-,18-15-,19-16-,26-24-,31-30-. The molecule has 1 unspecified atom stereocenters. The number of hydrogen-bond acceptors (Lipinski definition) is 6. The molecule has 0 saturated carbocycles. The minimum atomic E-state index is -0.776. The predicted molar refractivity (Wildman–Crippen MR) is 312 cm³/mol. The van der Waals surface area contributed by atoms with E-state index in [1.807, 2.05) is 0 Å². The second kappa shape index (κ2) is 60.7. The first-order chi connectivity index (χ1) is 35.5. The topological polar surface area (TPSA) is 78.9 Å². The molecule has 0 aromatic rings. The van der Waals surface area contributed by atoms with Crippen LogP contribution in [0.15, 0.2) is 60.8 Å². The van der Waals surface area contributed by atoms with Gasteiger partial charge in [-0.3, -0.25) is 14.4 Å². The Bertz CT molecular complexity index is 1290. The monoisotopic (exact) mass is 1010 g/mol. The predicted octanol–water partition coefficient (Wildman–Crippen LogP) is 21.2. The van der Waals surface area contributed by atoms with E-state index < -0.39 is 6.10 Å². The maximum absolute atomic E-state index is 12.9. The SMILES string of the molecule is CC/C=C\C/C=C\C/C=C\C/C=C\CCCCCCCCCCCCCCC(=O)OCC(COC(=O)CCCCCCC/C=C\CCCC)OC(=O)CCCCCCCCCCCCCCCCCCCC. The van der Waals surface area contributed by atoms with Gasteiger partial charge in [0.25, 0.3) is 0 Å². The molecule has 0 heterocycles. The summed E-state index contributed by atoms with van der Waals surface area (Å²) in [6.07, 6.45) is 76.6. The van der Waals surface area contributed by atoms with E-state index in [1.165, 1.54) is 193 Å². The lowest BCUT2D eigenvalue weighted by Crippen LogP contribution is -2.30. The van der Waals surface area contributed by atoms with Crippen molar-refractivity contribution in [3.63, 3.8) is 0 Å². The first kappa shape index (κ1) is 69.1. The molecule has 0 spiro atoms. The summed E-state index contributed by atoms with van der Waals surface area (Å²) in [7, 11) is 0. The second-order valence-corrected chi connectivity index (χ2v) is 20.9. The molecule has 0 fully saturated rings. The average molecular weight is 1010 g/mol. The van der Waals surface area contributed by atoms with E-state index in [4.69, 9.17) is 14.2 Å². The third-order valence-corrected chi connectivity index (χ3v) is 13.8. The Kier molecular flexibility index (Phi) is 58.2. The summed E-state index contributed by atoms with van der Waals surface area (Å²) in [4.78, 5) is 38.2. The van der Waals surface area contributed by atoms with Gasteiger partial charge in [-0.2, -0.15) is 0 Å². The molecule has 0 aromatic carbocycles. The van der Waals surface area contributed by atoms with Gasteiger partial charge in [0.1, 0.15) is 13.2 Å². The summed E-state index contributed by atoms with van der Waals surface area (Å²) >= 11 is 0. The van der Waals surface area contributed by atoms with E-state index in [0.29, 0.717) is 19.3 Å². The van der Waals surface area contributed by atoms with Crippen LogP contribution in [0, 0.1) is 0 Å². The van der Waals surface area contributed by atoms with Gasteiger partial charge in [-0.15, -0.1) is 0 Å². The number of esters is 3. The first-order valence-electron chi connectivity index (χ1n) is 31.3. The molecule has 418 valence electrons. The van der Waals surface area contributed by atoms with E-state index in [1.54, 1.807) is 0 Å². The van der Waals surface area contributed by atoms with E-state index >= 15 is 0 Å². The Morgan fingerprint density at radius 1 is 0.292 bits per heavy atom. The van der Waals surface area contributed by atoms with Crippen molar-refractivity contribution in [3.8, 4) is 0 Å². The Morgan fingerprint density at radius 3 is 0.903 bits per heavy atom. The number of carbonyl (C=O) groups excluding carboxylic acids is 3. The van der Waals surface area contributed by atoms with Crippen LogP contribution in [0.1, 0.15) is 323 Å². The van der Waals surface area contributed by atoms with Crippen molar-refractivity contribution in [2.24, 2.45) is 0 Å². The van der Waals surface area contributed by atoms with Gasteiger partial charge in [0.15, 0.2) is 6.10 Å². The van der Waals surface area contributed by atoms with Crippen molar-refractivity contribution in [2.75, 3.05) is 13.2 Å². The normalized spacial score (nSPS) is 12.4. The van der Waals surface area contributed by atoms with Crippen LogP contribution in [0.25, 0.3) is 0 Å². The molecular weight excluding hydrogens is 889 g/mol. The molecule has 0 aliphatic heterocycles. The van der Waals surface area contributed by atoms with Crippen molar-refractivity contribution in [3.05, 3.63) is 60.8 Å².